The number of hydrogen-bond donors (Lipinski definition) is 3. The van der Waals surface area contributed by atoms with Crippen molar-refractivity contribution < 1.29 is 9.53 Å². The van der Waals surface area contributed by atoms with Crippen LogP contribution >= 0.6 is 0 Å². The number of aryl methyl sites for hydroxylation is 1. The molecule has 11 nitrogen and oxygen atoms in total. The Kier molecular flexibility index (Phi) is 4.60. The summed E-state index contributed by atoms with van der Waals surface area (Å²) in [6.07, 6.45) is 4.20. The van der Waals surface area contributed by atoms with E-state index in [0.29, 0.717) is 22.8 Å². The Morgan fingerprint density at radius 1 is 1.26 bits per heavy atom. The Morgan fingerprint density at radius 3 is 2.94 bits per heavy atom. The Morgan fingerprint density at radius 2 is 2.12 bits per heavy atom. The van der Waals surface area contributed by atoms with Crippen molar-refractivity contribution >= 4 is 55.6 Å². The van der Waals surface area contributed by atoms with E-state index < -0.39 is 5.40 Å². The van der Waals surface area contributed by atoms with Gasteiger partial charge >= 0.3 is 0 Å². The molecule has 1 fully saturated rings. The van der Waals surface area contributed by atoms with Gasteiger partial charge in [-0.05, 0) is 37.0 Å². The summed E-state index contributed by atoms with van der Waals surface area (Å²) < 4.78 is 10.0. The maximum Gasteiger partial charge on any atom is 0.257 e. The van der Waals surface area contributed by atoms with Crippen molar-refractivity contribution in [3.8, 4) is 0 Å². The van der Waals surface area contributed by atoms with Crippen LogP contribution in [0.5, 0.6) is 0 Å². The van der Waals surface area contributed by atoms with Crippen molar-refractivity contribution in [2.24, 2.45) is 7.05 Å². The molecule has 1 aliphatic heterocycles. The number of ether oxygens (including phenoxy) is 1. The van der Waals surface area contributed by atoms with Crippen LogP contribution in [0, 0.1) is 0 Å². The van der Waals surface area contributed by atoms with Gasteiger partial charge in [-0.15, -0.1) is 5.10 Å². The second-order valence-corrected chi connectivity index (χ2v) is 9.48. The van der Waals surface area contributed by atoms with E-state index in [2.05, 4.69) is 53.1 Å². The number of carbonyl (C=O) groups is 1. The van der Waals surface area contributed by atoms with Gasteiger partial charge in [0.05, 0.1) is 29.5 Å². The molecule has 13 heteroatoms. The zero-order chi connectivity index (χ0) is 23.6. The van der Waals surface area contributed by atoms with Crippen LogP contribution in [-0.4, -0.2) is 70.4 Å². The van der Waals surface area contributed by atoms with Crippen LogP contribution in [0.3, 0.4) is 0 Å². The summed E-state index contributed by atoms with van der Waals surface area (Å²) in [6, 6.07) is 5.88. The molecule has 1 amide bonds. The first-order valence-corrected chi connectivity index (χ1v) is 11.5. The third-order valence-corrected chi connectivity index (χ3v) is 6.86. The predicted octanol–water partition coefficient (Wildman–Crippen LogP) is -0.146. The topological polar surface area (TPSA) is 123 Å². The third-order valence-electron chi connectivity index (χ3n) is 6.86. The molecular formula is C21H25B2N9O2. The Labute approximate surface area is 197 Å². The lowest BCUT2D eigenvalue weighted by molar-refractivity contribution is -0.00588. The van der Waals surface area contributed by atoms with Crippen molar-refractivity contribution in [1.29, 1.82) is 0 Å². The van der Waals surface area contributed by atoms with Crippen LogP contribution in [0.4, 0.5) is 17.3 Å². The van der Waals surface area contributed by atoms with Crippen molar-refractivity contribution in [3.63, 3.8) is 0 Å². The van der Waals surface area contributed by atoms with Gasteiger partial charge in [0.25, 0.3) is 5.91 Å². The van der Waals surface area contributed by atoms with E-state index in [1.54, 1.807) is 15.4 Å². The summed E-state index contributed by atoms with van der Waals surface area (Å²) in [6.45, 7) is 0. The molecule has 4 heterocycles. The number of hydrogen-bond acceptors (Lipinski definition) is 8. The number of fused-ring (bicyclic) bond motifs is 6. The monoisotopic (exact) mass is 457 g/mol. The molecule has 0 spiro atoms. The smallest absolute Gasteiger partial charge is 0.257 e. The van der Waals surface area contributed by atoms with Crippen LogP contribution in [0.2, 0.25) is 0 Å². The summed E-state index contributed by atoms with van der Waals surface area (Å²) >= 11 is 0. The Balaban J connectivity index is 1.60. The molecule has 3 aromatic heterocycles. The van der Waals surface area contributed by atoms with Crippen molar-refractivity contribution in [2.75, 3.05) is 17.7 Å². The average Bonchev–Trinajstić information content (AvgIpc) is 3.52. The highest BCUT2D eigenvalue weighted by Crippen LogP contribution is 2.35. The number of nitrogens with zero attached hydrogens (tertiary/aromatic N) is 6. The van der Waals surface area contributed by atoms with Crippen LogP contribution in [0.25, 0.3) is 16.7 Å². The molecule has 4 aromatic rings. The van der Waals surface area contributed by atoms with Gasteiger partial charge in [0.15, 0.2) is 5.65 Å². The second kappa shape index (κ2) is 7.45. The van der Waals surface area contributed by atoms with Gasteiger partial charge in [-0.1, -0.05) is 5.21 Å². The van der Waals surface area contributed by atoms with E-state index in [4.69, 9.17) is 9.72 Å². The first kappa shape index (κ1) is 21.0. The third kappa shape index (κ3) is 3.22. The van der Waals surface area contributed by atoms with E-state index in [0.717, 1.165) is 41.5 Å². The molecule has 0 unspecified atom stereocenters. The number of rotatable bonds is 1. The van der Waals surface area contributed by atoms with Gasteiger partial charge in [0.2, 0.25) is 0 Å². The zero-order valence-electron chi connectivity index (χ0n) is 19.6. The van der Waals surface area contributed by atoms with Crippen molar-refractivity contribution in [2.45, 2.75) is 36.8 Å². The largest absolute Gasteiger partial charge is 0.383 e. The Hall–Kier alpha value is -3.60. The molecule has 1 aliphatic carbocycles. The fourth-order valence-electron chi connectivity index (χ4n) is 5.00. The highest BCUT2D eigenvalue weighted by Gasteiger charge is 2.36. The highest BCUT2D eigenvalue weighted by molar-refractivity contribution is 6.39. The van der Waals surface area contributed by atoms with E-state index in [-0.39, 0.29) is 18.1 Å². The number of anilines is 3. The molecule has 2 atom stereocenters. The van der Waals surface area contributed by atoms with Gasteiger partial charge in [-0.3, -0.25) is 4.79 Å². The molecule has 0 saturated heterocycles. The van der Waals surface area contributed by atoms with Gasteiger partial charge in [0.1, 0.15) is 38.4 Å². The number of amides is 1. The highest BCUT2D eigenvalue weighted by atomic mass is 16.5. The van der Waals surface area contributed by atoms with Crippen LogP contribution in [0.1, 0.15) is 35.2 Å². The zero-order valence-corrected chi connectivity index (χ0v) is 19.6. The van der Waals surface area contributed by atoms with Gasteiger partial charge in [0, 0.05) is 25.6 Å². The number of nitrogens with one attached hydrogen (secondary N) is 3. The number of aromatic nitrogens is 6. The minimum Gasteiger partial charge on any atom is -0.383 e. The lowest BCUT2D eigenvalue weighted by Crippen LogP contribution is -2.45. The molecule has 0 radical (unpaired) electrons. The first-order chi connectivity index (χ1) is 16.3. The number of carbonyl (C=O) groups excluding carboxylic acids is 1. The summed E-state index contributed by atoms with van der Waals surface area (Å²) in [7, 11) is 7.80. The maximum absolute atomic E-state index is 13.3. The summed E-state index contributed by atoms with van der Waals surface area (Å²) in [5.74, 6) is 1.06. The average molecular weight is 457 g/mol. The van der Waals surface area contributed by atoms with E-state index >= 15 is 0 Å². The molecular weight excluding hydrogens is 432 g/mol. The normalized spacial score (nSPS) is 21.8. The fourth-order valence-corrected chi connectivity index (χ4v) is 5.00. The molecule has 1 aromatic carbocycles. The molecule has 34 heavy (non-hydrogen) atoms. The minimum atomic E-state index is -0.604. The van der Waals surface area contributed by atoms with Crippen LogP contribution in [0.15, 0.2) is 24.4 Å². The summed E-state index contributed by atoms with van der Waals surface area (Å²) in [5, 5.41) is 22.1. The van der Waals surface area contributed by atoms with Crippen molar-refractivity contribution in [3.05, 3.63) is 35.5 Å². The molecule has 1 saturated carbocycles. The second-order valence-electron chi connectivity index (χ2n) is 9.48. The van der Waals surface area contributed by atoms with Crippen LogP contribution < -0.4 is 16.0 Å². The van der Waals surface area contributed by atoms with E-state index in [1.807, 2.05) is 26.2 Å². The summed E-state index contributed by atoms with van der Waals surface area (Å²) in [5.41, 5.74) is 4.25. The van der Waals surface area contributed by atoms with Gasteiger partial charge in [-0.2, -0.15) is 9.61 Å². The van der Waals surface area contributed by atoms with Gasteiger partial charge in [-0.25, -0.2) is 9.67 Å². The molecule has 2 aliphatic rings. The first-order valence-electron chi connectivity index (χ1n) is 11.5. The van der Waals surface area contributed by atoms with E-state index in [9.17, 15) is 4.79 Å². The maximum atomic E-state index is 13.3. The SMILES string of the molecule is BC1(B)O[C@@H]2CCC[C@H]2NC(=O)c2cnn3c(NC)cc(nc23)Nc2cc1cc1c2nnn1C. The van der Waals surface area contributed by atoms with Crippen LogP contribution in [-0.2, 0) is 17.2 Å². The molecule has 6 rings (SSSR count). The van der Waals surface area contributed by atoms with E-state index in [1.165, 1.54) is 0 Å². The summed E-state index contributed by atoms with van der Waals surface area (Å²) in [4.78, 5) is 18.0. The lowest BCUT2D eigenvalue weighted by Gasteiger charge is -2.33. The number of benzene rings is 1. The Bertz CT molecular complexity index is 1450. The standard InChI is InChI=1S/C21H25B2N9O2/c1-24-17-8-16-26-13-6-10(7-14-18(13)29-30-31(14)2)21(22,23)34-15-5-3-4-12(15)27-20(33)11-9-25-32(17)19(11)28-16/h6-9,12,15,24H,3-5,22-23H2,1-2H3,(H,26,28)(H,27,33)/t12-,15-/m1/s1. The van der Waals surface area contributed by atoms with Crippen molar-refractivity contribution in [1.82, 2.24) is 34.9 Å². The van der Waals surface area contributed by atoms with Gasteiger partial charge < -0.3 is 20.7 Å². The molecule has 172 valence electrons. The minimum absolute atomic E-state index is 0.0867. The molecule has 4 bridgehead atoms. The predicted molar refractivity (Wildman–Crippen MR) is 133 cm³/mol. The lowest BCUT2D eigenvalue weighted by atomic mass is 9.61. The quantitative estimate of drug-likeness (QED) is 0.338. The fraction of sp³-hybridized carbons (Fsp3) is 0.381. The molecule has 3 N–H and O–H groups in total.